The van der Waals surface area contributed by atoms with Crippen molar-refractivity contribution in [3.63, 3.8) is 0 Å². The molecule has 21 heavy (non-hydrogen) atoms. The molecule has 0 atom stereocenters. The minimum atomic E-state index is -0.502. The fourth-order valence-corrected chi connectivity index (χ4v) is 1.69. The Morgan fingerprint density at radius 2 is 1.95 bits per heavy atom. The van der Waals surface area contributed by atoms with Crippen LogP contribution in [-0.2, 0) is 5.41 Å². The van der Waals surface area contributed by atoms with Crippen molar-refractivity contribution in [3.8, 4) is 0 Å². The van der Waals surface area contributed by atoms with E-state index in [0.717, 1.165) is 5.56 Å². The summed E-state index contributed by atoms with van der Waals surface area (Å²) in [6, 6.07) is 5.36. The second-order valence-corrected chi connectivity index (χ2v) is 5.86. The number of benzene rings is 1. The fourth-order valence-electron chi connectivity index (χ4n) is 1.69. The minimum Gasteiger partial charge on any atom is -0.359 e. The lowest BCUT2D eigenvalue weighted by atomic mass is 9.93. The summed E-state index contributed by atoms with van der Waals surface area (Å²) in [6.07, 6.45) is 0. The average molecular weight is 291 g/mol. The van der Waals surface area contributed by atoms with Crippen LogP contribution in [0.1, 0.15) is 32.1 Å². The third-order valence-corrected chi connectivity index (χ3v) is 2.94. The SMILES string of the molecule is Cc1ccc(F)cc1NC(=O)Nc1cc(C(C)(C)C)on1. The molecular weight excluding hydrogens is 273 g/mol. The molecule has 112 valence electrons. The van der Waals surface area contributed by atoms with Gasteiger partial charge in [-0.1, -0.05) is 32.0 Å². The molecule has 0 saturated carbocycles. The van der Waals surface area contributed by atoms with Gasteiger partial charge in [0.2, 0.25) is 0 Å². The third kappa shape index (κ3) is 3.81. The molecule has 0 aliphatic heterocycles. The zero-order chi connectivity index (χ0) is 15.6. The molecule has 0 fully saturated rings. The Kier molecular flexibility index (Phi) is 3.97. The van der Waals surface area contributed by atoms with E-state index in [2.05, 4.69) is 15.8 Å². The van der Waals surface area contributed by atoms with Gasteiger partial charge in [-0.3, -0.25) is 5.32 Å². The summed E-state index contributed by atoms with van der Waals surface area (Å²) >= 11 is 0. The molecule has 0 saturated heterocycles. The molecule has 0 unspecified atom stereocenters. The van der Waals surface area contributed by atoms with Gasteiger partial charge in [-0.15, -0.1) is 0 Å². The van der Waals surface area contributed by atoms with Crippen LogP contribution in [0.2, 0.25) is 0 Å². The van der Waals surface area contributed by atoms with Gasteiger partial charge in [0.1, 0.15) is 11.6 Å². The summed E-state index contributed by atoms with van der Waals surface area (Å²) < 4.78 is 18.3. The second-order valence-electron chi connectivity index (χ2n) is 5.86. The number of urea groups is 1. The number of hydrogen-bond acceptors (Lipinski definition) is 3. The van der Waals surface area contributed by atoms with Crippen LogP contribution in [0.4, 0.5) is 20.7 Å². The monoisotopic (exact) mass is 291 g/mol. The summed E-state index contributed by atoms with van der Waals surface area (Å²) in [7, 11) is 0. The topological polar surface area (TPSA) is 67.2 Å². The average Bonchev–Trinajstić information content (AvgIpc) is 2.82. The Labute approximate surface area is 122 Å². The summed E-state index contributed by atoms with van der Waals surface area (Å²) in [4.78, 5) is 11.9. The quantitative estimate of drug-likeness (QED) is 0.876. The number of hydrogen-bond donors (Lipinski definition) is 2. The predicted octanol–water partition coefficient (Wildman–Crippen LogP) is 4.06. The highest BCUT2D eigenvalue weighted by Gasteiger charge is 2.20. The lowest BCUT2D eigenvalue weighted by Crippen LogP contribution is -2.20. The van der Waals surface area contributed by atoms with Crippen LogP contribution < -0.4 is 10.6 Å². The van der Waals surface area contributed by atoms with E-state index in [1.54, 1.807) is 19.1 Å². The van der Waals surface area contributed by atoms with E-state index in [-0.39, 0.29) is 5.41 Å². The molecule has 2 amide bonds. The van der Waals surface area contributed by atoms with Crippen LogP contribution in [0, 0.1) is 12.7 Å². The number of amides is 2. The Hall–Kier alpha value is -2.37. The van der Waals surface area contributed by atoms with Crippen LogP contribution in [0.15, 0.2) is 28.8 Å². The molecule has 2 aromatic rings. The molecular formula is C15H18FN3O2. The Balaban J connectivity index is 2.05. The molecule has 1 heterocycles. The van der Waals surface area contributed by atoms with E-state index in [0.29, 0.717) is 17.3 Å². The number of nitrogens with zero attached hydrogens (tertiary/aromatic N) is 1. The van der Waals surface area contributed by atoms with Crippen molar-refractivity contribution < 1.29 is 13.7 Å². The molecule has 2 N–H and O–H groups in total. The zero-order valence-corrected chi connectivity index (χ0v) is 12.5. The molecule has 0 aliphatic rings. The maximum Gasteiger partial charge on any atom is 0.324 e. The lowest BCUT2D eigenvalue weighted by Gasteiger charge is -2.12. The number of nitrogens with one attached hydrogen (secondary N) is 2. The highest BCUT2D eigenvalue weighted by Crippen LogP contribution is 2.24. The van der Waals surface area contributed by atoms with E-state index in [1.165, 1.54) is 12.1 Å². The fraction of sp³-hybridized carbons (Fsp3) is 0.333. The second kappa shape index (κ2) is 5.55. The number of carbonyl (C=O) groups is 1. The van der Waals surface area contributed by atoms with Gasteiger partial charge in [0, 0.05) is 17.2 Å². The van der Waals surface area contributed by atoms with Crippen LogP contribution >= 0.6 is 0 Å². The van der Waals surface area contributed by atoms with Gasteiger partial charge < -0.3 is 9.84 Å². The first kappa shape index (κ1) is 15.0. The zero-order valence-electron chi connectivity index (χ0n) is 12.5. The van der Waals surface area contributed by atoms with Gasteiger partial charge in [-0.2, -0.15) is 0 Å². The highest BCUT2D eigenvalue weighted by molar-refractivity contribution is 5.99. The minimum absolute atomic E-state index is 0.192. The van der Waals surface area contributed by atoms with Gasteiger partial charge in [-0.25, -0.2) is 9.18 Å². The summed E-state index contributed by atoms with van der Waals surface area (Å²) in [5, 5.41) is 8.91. The number of rotatable bonds is 2. The van der Waals surface area contributed by atoms with Gasteiger partial charge in [0.05, 0.1) is 0 Å². The predicted molar refractivity (Wildman–Crippen MR) is 79.0 cm³/mol. The first-order chi connectivity index (χ1) is 9.75. The summed E-state index contributed by atoms with van der Waals surface area (Å²) in [6.45, 7) is 7.72. The third-order valence-electron chi connectivity index (χ3n) is 2.94. The maximum absolute atomic E-state index is 13.2. The number of aromatic nitrogens is 1. The van der Waals surface area contributed by atoms with E-state index in [9.17, 15) is 9.18 Å². The van der Waals surface area contributed by atoms with Crippen LogP contribution in [0.5, 0.6) is 0 Å². The van der Waals surface area contributed by atoms with Crippen molar-refractivity contribution in [1.29, 1.82) is 0 Å². The number of anilines is 2. The van der Waals surface area contributed by atoms with Crippen molar-refractivity contribution in [1.82, 2.24) is 5.16 Å². The van der Waals surface area contributed by atoms with Gasteiger partial charge in [0.25, 0.3) is 0 Å². The van der Waals surface area contributed by atoms with Gasteiger partial charge in [0.15, 0.2) is 5.82 Å². The maximum atomic E-state index is 13.2. The molecule has 1 aromatic carbocycles. The normalized spacial score (nSPS) is 11.3. The Morgan fingerprint density at radius 1 is 1.24 bits per heavy atom. The van der Waals surface area contributed by atoms with Crippen LogP contribution in [0.3, 0.4) is 0 Å². The van der Waals surface area contributed by atoms with Gasteiger partial charge in [-0.05, 0) is 24.6 Å². The highest BCUT2D eigenvalue weighted by atomic mass is 19.1. The van der Waals surface area contributed by atoms with Crippen LogP contribution in [-0.4, -0.2) is 11.2 Å². The largest absolute Gasteiger partial charge is 0.359 e. The number of aryl methyl sites for hydroxylation is 1. The summed E-state index contributed by atoms with van der Waals surface area (Å²) in [5.74, 6) is 0.568. The summed E-state index contributed by atoms with van der Waals surface area (Å²) in [5.41, 5.74) is 0.983. The van der Waals surface area contributed by atoms with Gasteiger partial charge >= 0.3 is 6.03 Å². The standard InChI is InChI=1S/C15H18FN3O2/c1-9-5-6-10(16)7-11(9)17-14(20)18-13-8-12(21-19-13)15(2,3)4/h5-8H,1-4H3,(H2,17,18,19,20). The molecule has 5 nitrogen and oxygen atoms in total. The first-order valence-corrected chi connectivity index (χ1v) is 6.57. The first-order valence-electron chi connectivity index (χ1n) is 6.57. The molecule has 0 aliphatic carbocycles. The van der Waals surface area contributed by atoms with Crippen molar-refractivity contribution in [3.05, 3.63) is 41.4 Å². The molecule has 2 rings (SSSR count). The Morgan fingerprint density at radius 3 is 2.57 bits per heavy atom. The molecule has 0 spiro atoms. The molecule has 1 aromatic heterocycles. The number of halogens is 1. The van der Waals surface area contributed by atoms with Crippen molar-refractivity contribution in [2.24, 2.45) is 0 Å². The number of carbonyl (C=O) groups excluding carboxylic acids is 1. The van der Waals surface area contributed by atoms with E-state index >= 15 is 0 Å². The molecule has 0 bridgehead atoms. The van der Waals surface area contributed by atoms with Crippen molar-refractivity contribution in [2.45, 2.75) is 33.1 Å². The lowest BCUT2D eigenvalue weighted by molar-refractivity contribution is 0.262. The van der Waals surface area contributed by atoms with E-state index in [1.807, 2.05) is 20.8 Å². The smallest absolute Gasteiger partial charge is 0.324 e. The molecule has 0 radical (unpaired) electrons. The van der Waals surface area contributed by atoms with Crippen molar-refractivity contribution >= 4 is 17.5 Å². The molecule has 6 heteroatoms. The van der Waals surface area contributed by atoms with E-state index < -0.39 is 11.8 Å². The van der Waals surface area contributed by atoms with E-state index in [4.69, 9.17) is 4.52 Å². The van der Waals surface area contributed by atoms with Crippen LogP contribution in [0.25, 0.3) is 0 Å². The Bertz CT molecular complexity index is 659. The van der Waals surface area contributed by atoms with Crippen molar-refractivity contribution in [2.75, 3.05) is 10.6 Å².